The molecule has 2 heterocycles. The lowest BCUT2D eigenvalue weighted by atomic mass is 9.98. The van der Waals surface area contributed by atoms with Crippen molar-refractivity contribution in [1.29, 1.82) is 0 Å². The molecule has 3 aromatic rings. The molecule has 0 bridgehead atoms. The van der Waals surface area contributed by atoms with Crippen molar-refractivity contribution in [2.24, 2.45) is 0 Å². The number of carboxylic acid groups (broad SMARTS) is 1. The second kappa shape index (κ2) is 4.74. The molecule has 0 fully saturated rings. The SMILES string of the molecule is Cc1c(-c2ccncc2)nc2ccccc2c1C(=O)O. The molecule has 20 heavy (non-hydrogen) atoms. The quantitative estimate of drug-likeness (QED) is 0.771. The topological polar surface area (TPSA) is 63.1 Å². The van der Waals surface area contributed by atoms with Gasteiger partial charge in [-0.3, -0.25) is 4.98 Å². The molecule has 0 radical (unpaired) electrons. The third-order valence-electron chi connectivity index (χ3n) is 3.30. The van der Waals surface area contributed by atoms with Crippen molar-refractivity contribution in [2.45, 2.75) is 6.92 Å². The van der Waals surface area contributed by atoms with Gasteiger partial charge in [0, 0.05) is 23.3 Å². The highest BCUT2D eigenvalue weighted by Gasteiger charge is 2.17. The molecule has 0 amide bonds. The standard InChI is InChI=1S/C16H12N2O2/c1-10-14(16(19)20)12-4-2-3-5-13(12)18-15(10)11-6-8-17-9-7-11/h2-9H,1H3,(H,19,20). The predicted octanol–water partition coefficient (Wildman–Crippen LogP) is 3.30. The lowest BCUT2D eigenvalue weighted by Gasteiger charge is -2.11. The Morgan fingerprint density at radius 1 is 1.10 bits per heavy atom. The Balaban J connectivity index is 2.40. The zero-order valence-electron chi connectivity index (χ0n) is 10.9. The molecule has 0 saturated heterocycles. The summed E-state index contributed by atoms with van der Waals surface area (Å²) in [7, 11) is 0. The van der Waals surface area contributed by atoms with Crippen LogP contribution in [0.1, 0.15) is 15.9 Å². The van der Waals surface area contributed by atoms with Crippen molar-refractivity contribution >= 4 is 16.9 Å². The highest BCUT2D eigenvalue weighted by Crippen LogP contribution is 2.29. The first-order chi connectivity index (χ1) is 9.68. The average Bonchev–Trinajstić information content (AvgIpc) is 2.47. The minimum absolute atomic E-state index is 0.308. The number of carbonyl (C=O) groups is 1. The van der Waals surface area contributed by atoms with Crippen molar-refractivity contribution in [3.8, 4) is 11.3 Å². The summed E-state index contributed by atoms with van der Waals surface area (Å²) in [5.74, 6) is -0.934. The van der Waals surface area contributed by atoms with Gasteiger partial charge in [-0.05, 0) is 30.7 Å². The summed E-state index contributed by atoms with van der Waals surface area (Å²) in [4.78, 5) is 20.2. The van der Waals surface area contributed by atoms with Crippen LogP contribution in [0.4, 0.5) is 0 Å². The van der Waals surface area contributed by atoms with Crippen LogP contribution in [0.5, 0.6) is 0 Å². The highest BCUT2D eigenvalue weighted by molar-refractivity contribution is 6.05. The predicted molar refractivity (Wildman–Crippen MR) is 76.7 cm³/mol. The van der Waals surface area contributed by atoms with Gasteiger partial charge in [-0.1, -0.05) is 18.2 Å². The largest absolute Gasteiger partial charge is 0.478 e. The van der Waals surface area contributed by atoms with Crippen LogP contribution in [0.15, 0.2) is 48.8 Å². The summed E-state index contributed by atoms with van der Waals surface area (Å²) < 4.78 is 0. The lowest BCUT2D eigenvalue weighted by Crippen LogP contribution is -2.04. The van der Waals surface area contributed by atoms with Gasteiger partial charge in [0.25, 0.3) is 0 Å². The van der Waals surface area contributed by atoms with Gasteiger partial charge in [0.05, 0.1) is 16.8 Å². The molecule has 0 atom stereocenters. The summed E-state index contributed by atoms with van der Waals surface area (Å²) in [6, 6.07) is 10.9. The number of hydrogen-bond donors (Lipinski definition) is 1. The highest BCUT2D eigenvalue weighted by atomic mass is 16.4. The Labute approximate surface area is 115 Å². The van der Waals surface area contributed by atoms with Gasteiger partial charge in [0.15, 0.2) is 0 Å². The van der Waals surface area contributed by atoms with E-state index in [0.717, 1.165) is 5.56 Å². The smallest absolute Gasteiger partial charge is 0.336 e. The van der Waals surface area contributed by atoms with Gasteiger partial charge in [0.2, 0.25) is 0 Å². The van der Waals surface area contributed by atoms with E-state index in [4.69, 9.17) is 0 Å². The van der Waals surface area contributed by atoms with Crippen LogP contribution in [-0.2, 0) is 0 Å². The number of benzene rings is 1. The van der Waals surface area contributed by atoms with Gasteiger partial charge in [0.1, 0.15) is 0 Å². The van der Waals surface area contributed by atoms with Crippen LogP contribution in [0.2, 0.25) is 0 Å². The normalized spacial score (nSPS) is 10.7. The third kappa shape index (κ3) is 1.91. The first-order valence-corrected chi connectivity index (χ1v) is 6.21. The maximum absolute atomic E-state index is 11.6. The Bertz CT molecular complexity index is 798. The maximum atomic E-state index is 11.6. The summed E-state index contributed by atoms with van der Waals surface area (Å²) in [5.41, 5.74) is 3.21. The van der Waals surface area contributed by atoms with E-state index in [2.05, 4.69) is 9.97 Å². The summed E-state index contributed by atoms with van der Waals surface area (Å²) in [6.45, 7) is 1.79. The van der Waals surface area contributed by atoms with Crippen LogP contribution < -0.4 is 0 Å². The van der Waals surface area contributed by atoms with Gasteiger partial charge in [-0.2, -0.15) is 0 Å². The van der Waals surface area contributed by atoms with Crippen LogP contribution in [0, 0.1) is 6.92 Å². The fraction of sp³-hybridized carbons (Fsp3) is 0.0625. The van der Waals surface area contributed by atoms with Crippen molar-refractivity contribution in [3.05, 3.63) is 59.9 Å². The molecule has 0 spiro atoms. The lowest BCUT2D eigenvalue weighted by molar-refractivity contribution is 0.0698. The fourth-order valence-corrected chi connectivity index (χ4v) is 2.37. The van der Waals surface area contributed by atoms with Crippen LogP contribution >= 0.6 is 0 Å². The van der Waals surface area contributed by atoms with Crippen LogP contribution in [0.25, 0.3) is 22.2 Å². The molecule has 0 aliphatic heterocycles. The number of fused-ring (bicyclic) bond motifs is 1. The Hall–Kier alpha value is -2.75. The summed E-state index contributed by atoms with van der Waals surface area (Å²) in [6.07, 6.45) is 3.35. The number of para-hydroxylation sites is 1. The van der Waals surface area contributed by atoms with Crippen molar-refractivity contribution in [2.75, 3.05) is 0 Å². The van der Waals surface area contributed by atoms with Crippen molar-refractivity contribution in [1.82, 2.24) is 9.97 Å². The molecule has 0 aliphatic rings. The molecular weight excluding hydrogens is 252 g/mol. The Kier molecular flexibility index (Phi) is 2.91. The molecule has 3 rings (SSSR count). The molecule has 2 aromatic heterocycles. The number of aromatic nitrogens is 2. The second-order valence-corrected chi connectivity index (χ2v) is 4.52. The number of rotatable bonds is 2. The number of nitrogens with zero attached hydrogens (tertiary/aromatic N) is 2. The minimum atomic E-state index is -0.934. The van der Waals surface area contributed by atoms with E-state index in [9.17, 15) is 9.90 Å². The van der Waals surface area contributed by atoms with E-state index < -0.39 is 5.97 Å². The Morgan fingerprint density at radius 2 is 1.80 bits per heavy atom. The van der Waals surface area contributed by atoms with Gasteiger partial charge >= 0.3 is 5.97 Å². The maximum Gasteiger partial charge on any atom is 0.336 e. The zero-order chi connectivity index (χ0) is 14.1. The Morgan fingerprint density at radius 3 is 2.50 bits per heavy atom. The zero-order valence-corrected chi connectivity index (χ0v) is 10.9. The molecule has 1 aromatic carbocycles. The number of carboxylic acids is 1. The summed E-state index contributed by atoms with van der Waals surface area (Å²) >= 11 is 0. The van der Waals surface area contributed by atoms with Crippen LogP contribution in [0.3, 0.4) is 0 Å². The summed E-state index contributed by atoms with van der Waals surface area (Å²) in [5, 5.41) is 10.2. The van der Waals surface area contributed by atoms with Crippen molar-refractivity contribution < 1.29 is 9.90 Å². The molecule has 0 saturated carbocycles. The molecule has 1 N–H and O–H groups in total. The van der Waals surface area contributed by atoms with E-state index in [1.54, 1.807) is 25.4 Å². The minimum Gasteiger partial charge on any atom is -0.478 e. The number of aromatic carboxylic acids is 1. The van der Waals surface area contributed by atoms with Gasteiger partial charge in [-0.15, -0.1) is 0 Å². The number of pyridine rings is 2. The van der Waals surface area contributed by atoms with E-state index in [0.29, 0.717) is 27.7 Å². The average molecular weight is 264 g/mol. The van der Waals surface area contributed by atoms with Gasteiger partial charge in [-0.25, -0.2) is 9.78 Å². The van der Waals surface area contributed by atoms with E-state index in [1.165, 1.54) is 0 Å². The fourth-order valence-electron chi connectivity index (χ4n) is 2.37. The first kappa shape index (κ1) is 12.3. The molecule has 4 nitrogen and oxygen atoms in total. The third-order valence-corrected chi connectivity index (χ3v) is 3.30. The van der Waals surface area contributed by atoms with Crippen molar-refractivity contribution in [3.63, 3.8) is 0 Å². The van der Waals surface area contributed by atoms with Crippen LogP contribution in [-0.4, -0.2) is 21.0 Å². The molecule has 98 valence electrons. The monoisotopic (exact) mass is 264 g/mol. The van der Waals surface area contributed by atoms with E-state index in [1.807, 2.05) is 30.3 Å². The van der Waals surface area contributed by atoms with E-state index in [-0.39, 0.29) is 0 Å². The van der Waals surface area contributed by atoms with E-state index >= 15 is 0 Å². The molecule has 0 unspecified atom stereocenters. The molecular formula is C16H12N2O2. The molecule has 4 heteroatoms. The molecule has 0 aliphatic carbocycles. The van der Waals surface area contributed by atoms with Gasteiger partial charge < -0.3 is 5.11 Å². The second-order valence-electron chi connectivity index (χ2n) is 4.52. The first-order valence-electron chi connectivity index (χ1n) is 6.21. The number of hydrogen-bond acceptors (Lipinski definition) is 3.